The number of esters is 1. The lowest BCUT2D eigenvalue weighted by atomic mass is 10.1. The Bertz CT molecular complexity index is 1040. The number of ketones is 1. The Kier molecular flexibility index (Phi) is 7.01. The number of H-pyrrole nitrogens is 1. The average Bonchev–Trinajstić information content (AvgIpc) is 3.15. The van der Waals surface area contributed by atoms with Crippen LogP contribution in [0.2, 0.25) is 0 Å². The molecule has 3 aromatic rings. The van der Waals surface area contributed by atoms with Gasteiger partial charge in [-0.25, -0.2) is 0 Å². The molecule has 2 aromatic carbocycles. The zero-order chi connectivity index (χ0) is 21.5. The standard InChI is InChI=1S/C24H26N2O4/c1-3-6-22(27)26-19-12-9-17(10-13-19)24(29)16(2)30-23(28)14-11-18-15-25-21-8-5-4-7-20(18)21/h4-5,7-10,12-13,15-16,25H,3,6,11,14H2,1-2H3,(H,26,27)/t16-/m0/s1. The molecular weight excluding hydrogens is 380 g/mol. The van der Waals surface area contributed by atoms with E-state index in [1.807, 2.05) is 37.4 Å². The van der Waals surface area contributed by atoms with Crippen LogP contribution in [0.15, 0.2) is 54.7 Å². The highest BCUT2D eigenvalue weighted by molar-refractivity contribution is 6.00. The van der Waals surface area contributed by atoms with Crippen molar-refractivity contribution in [3.8, 4) is 0 Å². The zero-order valence-corrected chi connectivity index (χ0v) is 17.2. The summed E-state index contributed by atoms with van der Waals surface area (Å²) in [5.41, 5.74) is 3.13. The zero-order valence-electron chi connectivity index (χ0n) is 17.2. The fourth-order valence-corrected chi connectivity index (χ4v) is 3.29. The Morgan fingerprint density at radius 1 is 1.03 bits per heavy atom. The van der Waals surface area contributed by atoms with Crippen LogP contribution in [0, 0.1) is 0 Å². The number of rotatable bonds is 9. The van der Waals surface area contributed by atoms with Crippen molar-refractivity contribution in [2.45, 2.75) is 45.6 Å². The van der Waals surface area contributed by atoms with Gasteiger partial charge in [0.25, 0.3) is 0 Å². The smallest absolute Gasteiger partial charge is 0.306 e. The van der Waals surface area contributed by atoms with Gasteiger partial charge in [0.05, 0.1) is 0 Å². The second kappa shape index (κ2) is 9.87. The van der Waals surface area contributed by atoms with E-state index in [0.717, 1.165) is 22.9 Å². The first-order valence-corrected chi connectivity index (χ1v) is 10.2. The molecule has 0 aliphatic carbocycles. The molecule has 30 heavy (non-hydrogen) atoms. The van der Waals surface area contributed by atoms with Crippen LogP contribution in [0.25, 0.3) is 10.9 Å². The summed E-state index contributed by atoms with van der Waals surface area (Å²) in [5, 5.41) is 3.86. The monoisotopic (exact) mass is 406 g/mol. The summed E-state index contributed by atoms with van der Waals surface area (Å²) in [6.45, 7) is 3.51. The molecule has 0 aliphatic heterocycles. The van der Waals surface area contributed by atoms with Gasteiger partial charge in [0.15, 0.2) is 6.10 Å². The molecule has 156 valence electrons. The molecule has 0 spiro atoms. The van der Waals surface area contributed by atoms with E-state index in [4.69, 9.17) is 4.74 Å². The lowest BCUT2D eigenvalue weighted by molar-refractivity contribution is -0.146. The summed E-state index contributed by atoms with van der Waals surface area (Å²) in [7, 11) is 0. The molecule has 3 rings (SSSR count). The van der Waals surface area contributed by atoms with Gasteiger partial charge in [-0.3, -0.25) is 14.4 Å². The fourth-order valence-electron chi connectivity index (χ4n) is 3.29. The normalized spacial score (nSPS) is 11.8. The topological polar surface area (TPSA) is 88.3 Å². The first-order valence-electron chi connectivity index (χ1n) is 10.2. The molecule has 1 aromatic heterocycles. The van der Waals surface area contributed by atoms with E-state index in [0.29, 0.717) is 24.1 Å². The maximum absolute atomic E-state index is 12.6. The first kappa shape index (κ1) is 21.3. The average molecular weight is 406 g/mol. The Morgan fingerprint density at radius 2 is 1.77 bits per heavy atom. The number of fused-ring (bicyclic) bond motifs is 1. The number of ether oxygens (including phenoxy) is 1. The van der Waals surface area contributed by atoms with Crippen LogP contribution in [0.5, 0.6) is 0 Å². The van der Waals surface area contributed by atoms with E-state index >= 15 is 0 Å². The third-order valence-electron chi connectivity index (χ3n) is 4.88. The number of aryl methyl sites for hydroxylation is 1. The highest BCUT2D eigenvalue weighted by Gasteiger charge is 2.20. The lowest BCUT2D eigenvalue weighted by Gasteiger charge is -2.13. The molecule has 0 radical (unpaired) electrons. The summed E-state index contributed by atoms with van der Waals surface area (Å²) in [6.07, 6.45) is 2.98. The number of amides is 1. The van der Waals surface area contributed by atoms with Gasteiger partial charge in [-0.05, 0) is 55.7 Å². The molecule has 0 fully saturated rings. The number of benzene rings is 2. The number of hydrogen-bond acceptors (Lipinski definition) is 4. The molecular formula is C24H26N2O4. The maximum Gasteiger partial charge on any atom is 0.306 e. The van der Waals surface area contributed by atoms with Crippen LogP contribution in [-0.2, 0) is 20.7 Å². The molecule has 0 unspecified atom stereocenters. The molecule has 0 saturated heterocycles. The summed E-state index contributed by atoms with van der Waals surface area (Å²) < 4.78 is 5.34. The highest BCUT2D eigenvalue weighted by atomic mass is 16.5. The van der Waals surface area contributed by atoms with Crippen LogP contribution >= 0.6 is 0 Å². The van der Waals surface area contributed by atoms with Gasteiger partial charge < -0.3 is 15.0 Å². The Morgan fingerprint density at radius 3 is 2.50 bits per heavy atom. The summed E-state index contributed by atoms with van der Waals surface area (Å²) in [6, 6.07) is 14.5. The molecule has 6 heteroatoms. The SMILES string of the molecule is CCCC(=O)Nc1ccc(C(=O)[C@H](C)OC(=O)CCc2c[nH]c3ccccc23)cc1. The number of para-hydroxylation sites is 1. The van der Waals surface area contributed by atoms with Crippen molar-refractivity contribution in [1.29, 1.82) is 0 Å². The largest absolute Gasteiger partial charge is 0.454 e. The van der Waals surface area contributed by atoms with Gasteiger partial charge in [-0.1, -0.05) is 25.1 Å². The van der Waals surface area contributed by atoms with Crippen LogP contribution in [0.4, 0.5) is 5.69 Å². The van der Waals surface area contributed by atoms with Crippen molar-refractivity contribution in [2.24, 2.45) is 0 Å². The molecule has 0 bridgehead atoms. The Labute approximate surface area is 175 Å². The number of carbonyl (C=O) groups excluding carboxylic acids is 3. The van der Waals surface area contributed by atoms with Crippen LogP contribution < -0.4 is 5.32 Å². The minimum Gasteiger partial charge on any atom is -0.454 e. The maximum atomic E-state index is 12.6. The molecule has 2 N–H and O–H groups in total. The number of carbonyl (C=O) groups is 3. The summed E-state index contributed by atoms with van der Waals surface area (Å²) in [5.74, 6) is -0.750. The van der Waals surface area contributed by atoms with Crippen molar-refractivity contribution < 1.29 is 19.1 Å². The molecule has 0 aliphatic rings. The molecule has 1 atom stereocenters. The minimum absolute atomic E-state index is 0.0610. The predicted octanol–water partition coefficient (Wildman–Crippen LogP) is 4.65. The number of aromatic amines is 1. The predicted molar refractivity (Wildman–Crippen MR) is 116 cm³/mol. The molecule has 6 nitrogen and oxygen atoms in total. The van der Waals surface area contributed by atoms with E-state index in [1.54, 1.807) is 31.2 Å². The first-order chi connectivity index (χ1) is 14.5. The van der Waals surface area contributed by atoms with E-state index in [-0.39, 0.29) is 18.1 Å². The third-order valence-corrected chi connectivity index (χ3v) is 4.88. The lowest BCUT2D eigenvalue weighted by Crippen LogP contribution is -2.24. The van der Waals surface area contributed by atoms with Crippen molar-refractivity contribution in [3.05, 3.63) is 65.9 Å². The number of Topliss-reactive ketones (excluding diaryl/α,β-unsaturated/α-hetero) is 1. The Balaban J connectivity index is 1.52. The van der Waals surface area contributed by atoms with Gasteiger partial charge in [-0.15, -0.1) is 0 Å². The number of hydrogen-bond donors (Lipinski definition) is 2. The quantitative estimate of drug-likeness (QED) is 0.400. The molecule has 0 saturated carbocycles. The summed E-state index contributed by atoms with van der Waals surface area (Å²) in [4.78, 5) is 39.6. The minimum atomic E-state index is -0.874. The summed E-state index contributed by atoms with van der Waals surface area (Å²) >= 11 is 0. The van der Waals surface area contributed by atoms with Crippen molar-refractivity contribution >= 4 is 34.3 Å². The number of aromatic nitrogens is 1. The highest BCUT2D eigenvalue weighted by Crippen LogP contribution is 2.19. The molecule has 1 amide bonds. The van der Waals surface area contributed by atoms with Crippen molar-refractivity contribution in [1.82, 2.24) is 4.98 Å². The van der Waals surface area contributed by atoms with Gasteiger partial charge >= 0.3 is 5.97 Å². The third kappa shape index (κ3) is 5.35. The van der Waals surface area contributed by atoms with E-state index in [2.05, 4.69) is 10.3 Å². The van der Waals surface area contributed by atoms with Crippen molar-refractivity contribution in [2.75, 3.05) is 5.32 Å². The fraction of sp³-hybridized carbons (Fsp3) is 0.292. The van der Waals surface area contributed by atoms with Crippen LogP contribution in [0.1, 0.15) is 49.0 Å². The van der Waals surface area contributed by atoms with Crippen molar-refractivity contribution in [3.63, 3.8) is 0 Å². The van der Waals surface area contributed by atoms with Gasteiger partial charge in [0.1, 0.15) is 0 Å². The Hall–Kier alpha value is -3.41. The van der Waals surface area contributed by atoms with Crippen LogP contribution in [-0.4, -0.2) is 28.7 Å². The number of anilines is 1. The van der Waals surface area contributed by atoms with E-state index in [9.17, 15) is 14.4 Å². The second-order valence-electron chi connectivity index (χ2n) is 7.23. The van der Waals surface area contributed by atoms with E-state index < -0.39 is 12.1 Å². The van der Waals surface area contributed by atoms with E-state index in [1.165, 1.54) is 0 Å². The van der Waals surface area contributed by atoms with Gasteiger partial charge in [0.2, 0.25) is 11.7 Å². The molecule has 1 heterocycles. The van der Waals surface area contributed by atoms with Gasteiger partial charge in [-0.2, -0.15) is 0 Å². The van der Waals surface area contributed by atoms with Gasteiger partial charge in [0, 0.05) is 41.2 Å². The second-order valence-corrected chi connectivity index (χ2v) is 7.23. The number of nitrogens with one attached hydrogen (secondary N) is 2. The van der Waals surface area contributed by atoms with Crippen LogP contribution in [0.3, 0.4) is 0 Å².